The summed E-state index contributed by atoms with van der Waals surface area (Å²) in [7, 11) is -1.01. The Morgan fingerprint density at radius 2 is 1.75 bits per heavy atom. The number of nitrogens with one attached hydrogen (secondary N) is 1. The Labute approximate surface area is 139 Å². The van der Waals surface area contributed by atoms with Crippen LogP contribution in [0, 0.1) is 0 Å². The third kappa shape index (κ3) is 3.09. The highest BCUT2D eigenvalue weighted by atomic mass is 32.2. The number of rotatable bonds is 5. The van der Waals surface area contributed by atoms with E-state index in [1.165, 1.54) is 20.4 Å². The van der Waals surface area contributed by atoms with Crippen LogP contribution in [0.2, 0.25) is 0 Å². The maximum absolute atomic E-state index is 12.6. The van der Waals surface area contributed by atoms with Gasteiger partial charge in [0.15, 0.2) is 0 Å². The normalized spacial score (nSPS) is 11.2. The van der Waals surface area contributed by atoms with Gasteiger partial charge in [-0.1, -0.05) is 30.3 Å². The first-order chi connectivity index (χ1) is 11.5. The summed E-state index contributed by atoms with van der Waals surface area (Å²) in [5, 5.41) is 1.79. The molecule has 0 bridgehead atoms. The molecule has 0 aliphatic carbocycles. The second-order valence-electron chi connectivity index (χ2n) is 4.89. The Bertz CT molecular complexity index is 990. The lowest BCUT2D eigenvalue weighted by Crippen LogP contribution is -2.14. The van der Waals surface area contributed by atoms with Gasteiger partial charge in [-0.25, -0.2) is 13.4 Å². The molecule has 3 rings (SSSR count). The van der Waals surface area contributed by atoms with Gasteiger partial charge in [0.2, 0.25) is 5.88 Å². The van der Waals surface area contributed by atoms with Gasteiger partial charge >= 0.3 is 6.01 Å². The molecule has 0 aliphatic heterocycles. The van der Waals surface area contributed by atoms with Crippen LogP contribution >= 0.6 is 0 Å². The Balaban J connectivity index is 1.98. The van der Waals surface area contributed by atoms with Gasteiger partial charge in [0.05, 0.1) is 25.3 Å². The number of hydrogen-bond donors (Lipinski definition) is 1. The summed E-state index contributed by atoms with van der Waals surface area (Å²) in [4.78, 5) is 7.99. The number of benzene rings is 2. The van der Waals surface area contributed by atoms with Crippen molar-refractivity contribution in [3.63, 3.8) is 0 Å². The fourth-order valence-electron chi connectivity index (χ4n) is 2.21. The SMILES string of the molecule is COc1ncc(NS(=O)(=O)c2ccc3ccccc3c2)c(OC)n1. The fraction of sp³-hybridized carbons (Fsp3) is 0.125. The molecule has 124 valence electrons. The van der Waals surface area contributed by atoms with Crippen molar-refractivity contribution in [2.24, 2.45) is 0 Å². The van der Waals surface area contributed by atoms with Crippen molar-refractivity contribution in [1.82, 2.24) is 9.97 Å². The molecule has 0 radical (unpaired) electrons. The highest BCUT2D eigenvalue weighted by molar-refractivity contribution is 7.92. The lowest BCUT2D eigenvalue weighted by Gasteiger charge is -2.11. The van der Waals surface area contributed by atoms with Crippen molar-refractivity contribution >= 4 is 26.5 Å². The van der Waals surface area contributed by atoms with Gasteiger partial charge in [0.1, 0.15) is 5.69 Å². The van der Waals surface area contributed by atoms with Crippen molar-refractivity contribution in [1.29, 1.82) is 0 Å². The van der Waals surface area contributed by atoms with Crippen LogP contribution in [-0.2, 0) is 10.0 Å². The quantitative estimate of drug-likeness (QED) is 0.764. The van der Waals surface area contributed by atoms with E-state index in [1.807, 2.05) is 24.3 Å². The molecule has 1 N–H and O–H groups in total. The van der Waals surface area contributed by atoms with Crippen LogP contribution in [0.5, 0.6) is 11.9 Å². The highest BCUT2D eigenvalue weighted by Gasteiger charge is 2.18. The minimum Gasteiger partial charge on any atom is -0.479 e. The van der Waals surface area contributed by atoms with E-state index in [9.17, 15) is 8.42 Å². The number of hydrogen-bond acceptors (Lipinski definition) is 6. The molecule has 24 heavy (non-hydrogen) atoms. The number of methoxy groups -OCH3 is 2. The van der Waals surface area contributed by atoms with Crippen LogP contribution < -0.4 is 14.2 Å². The molecular formula is C16H15N3O4S. The molecule has 1 aromatic heterocycles. The molecule has 0 spiro atoms. The van der Waals surface area contributed by atoms with E-state index in [0.717, 1.165) is 10.8 Å². The molecule has 0 amide bonds. The predicted octanol–water partition coefficient (Wildman–Crippen LogP) is 2.45. The minimum atomic E-state index is -3.81. The van der Waals surface area contributed by atoms with Gasteiger partial charge in [0, 0.05) is 0 Å². The predicted molar refractivity (Wildman–Crippen MR) is 89.9 cm³/mol. The number of ether oxygens (including phenoxy) is 2. The monoisotopic (exact) mass is 345 g/mol. The summed E-state index contributed by atoms with van der Waals surface area (Å²) < 4.78 is 37.6. The van der Waals surface area contributed by atoms with Crippen LogP contribution in [0.15, 0.2) is 53.6 Å². The van der Waals surface area contributed by atoms with E-state index in [0.29, 0.717) is 0 Å². The van der Waals surface area contributed by atoms with Gasteiger partial charge in [-0.15, -0.1) is 0 Å². The zero-order chi connectivity index (χ0) is 17.2. The lowest BCUT2D eigenvalue weighted by atomic mass is 10.1. The van der Waals surface area contributed by atoms with E-state index in [1.54, 1.807) is 18.2 Å². The first kappa shape index (κ1) is 16.0. The third-order valence-electron chi connectivity index (χ3n) is 3.38. The summed E-state index contributed by atoms with van der Waals surface area (Å²) >= 11 is 0. The molecule has 0 fully saturated rings. The fourth-order valence-corrected chi connectivity index (χ4v) is 3.29. The van der Waals surface area contributed by atoms with Crippen molar-refractivity contribution in [3.05, 3.63) is 48.7 Å². The van der Waals surface area contributed by atoms with E-state index in [2.05, 4.69) is 14.7 Å². The molecule has 8 heteroatoms. The first-order valence-corrected chi connectivity index (χ1v) is 8.48. The van der Waals surface area contributed by atoms with Crippen LogP contribution in [0.25, 0.3) is 10.8 Å². The molecule has 1 heterocycles. The van der Waals surface area contributed by atoms with Crippen LogP contribution in [-0.4, -0.2) is 32.6 Å². The zero-order valence-corrected chi connectivity index (χ0v) is 13.9. The smallest absolute Gasteiger partial charge is 0.319 e. The number of anilines is 1. The molecule has 3 aromatic rings. The maximum atomic E-state index is 12.6. The van der Waals surface area contributed by atoms with Crippen LogP contribution in [0.3, 0.4) is 0 Å². The topological polar surface area (TPSA) is 90.4 Å². The number of fused-ring (bicyclic) bond motifs is 1. The number of nitrogens with zero attached hydrogens (tertiary/aromatic N) is 2. The Morgan fingerprint density at radius 1 is 1.00 bits per heavy atom. The van der Waals surface area contributed by atoms with Gasteiger partial charge < -0.3 is 9.47 Å². The second kappa shape index (κ2) is 6.32. The van der Waals surface area contributed by atoms with Gasteiger partial charge in [-0.05, 0) is 22.9 Å². The van der Waals surface area contributed by atoms with Crippen molar-refractivity contribution in [3.8, 4) is 11.9 Å². The molecule has 2 aromatic carbocycles. The van der Waals surface area contributed by atoms with Crippen LogP contribution in [0.4, 0.5) is 5.69 Å². The zero-order valence-electron chi connectivity index (χ0n) is 13.1. The summed E-state index contributed by atoms with van der Waals surface area (Å²) in [6, 6.07) is 12.5. The van der Waals surface area contributed by atoms with Gasteiger partial charge in [-0.2, -0.15) is 4.98 Å². The summed E-state index contributed by atoms with van der Waals surface area (Å²) in [6.45, 7) is 0. The first-order valence-electron chi connectivity index (χ1n) is 7.00. The summed E-state index contributed by atoms with van der Waals surface area (Å²) in [5.74, 6) is 0.0752. The van der Waals surface area contributed by atoms with Gasteiger partial charge in [0.25, 0.3) is 10.0 Å². The lowest BCUT2D eigenvalue weighted by molar-refractivity contribution is 0.353. The highest BCUT2D eigenvalue weighted by Crippen LogP contribution is 2.26. The Hall–Kier alpha value is -2.87. The Kier molecular flexibility index (Phi) is 4.22. The molecule has 0 unspecified atom stereocenters. The number of sulfonamides is 1. The summed E-state index contributed by atoms with van der Waals surface area (Å²) in [5.41, 5.74) is 0.131. The molecule has 7 nitrogen and oxygen atoms in total. The molecular weight excluding hydrogens is 330 g/mol. The summed E-state index contributed by atoms with van der Waals surface area (Å²) in [6.07, 6.45) is 1.29. The number of aromatic nitrogens is 2. The second-order valence-corrected chi connectivity index (χ2v) is 6.58. The molecule has 0 saturated heterocycles. The average molecular weight is 345 g/mol. The molecule has 0 aliphatic rings. The third-order valence-corrected chi connectivity index (χ3v) is 4.75. The molecule has 0 atom stereocenters. The van der Waals surface area contributed by atoms with E-state index in [4.69, 9.17) is 9.47 Å². The Morgan fingerprint density at radius 3 is 2.46 bits per heavy atom. The van der Waals surface area contributed by atoms with Crippen molar-refractivity contribution in [2.45, 2.75) is 4.90 Å². The van der Waals surface area contributed by atoms with E-state index >= 15 is 0 Å². The van der Waals surface area contributed by atoms with Crippen LogP contribution in [0.1, 0.15) is 0 Å². The largest absolute Gasteiger partial charge is 0.479 e. The maximum Gasteiger partial charge on any atom is 0.319 e. The van der Waals surface area contributed by atoms with Crippen molar-refractivity contribution < 1.29 is 17.9 Å². The minimum absolute atomic E-state index is 0.0752. The van der Waals surface area contributed by atoms with Gasteiger partial charge in [-0.3, -0.25) is 4.72 Å². The van der Waals surface area contributed by atoms with E-state index < -0.39 is 10.0 Å². The molecule has 0 saturated carbocycles. The average Bonchev–Trinajstić information content (AvgIpc) is 2.61. The standard InChI is InChI=1S/C16H15N3O4S/c1-22-15-14(10-17-16(18-15)23-2)19-24(20,21)13-8-7-11-5-3-4-6-12(11)9-13/h3-10,19H,1-2H3. The van der Waals surface area contributed by atoms with E-state index in [-0.39, 0.29) is 22.5 Å². The van der Waals surface area contributed by atoms with Crippen molar-refractivity contribution in [2.75, 3.05) is 18.9 Å².